The van der Waals surface area contributed by atoms with E-state index in [2.05, 4.69) is 10.6 Å². The van der Waals surface area contributed by atoms with E-state index in [0.717, 1.165) is 41.7 Å². The first-order chi connectivity index (χ1) is 14.4. The van der Waals surface area contributed by atoms with E-state index in [1.807, 2.05) is 6.92 Å². The number of aryl methyl sites for hydroxylation is 2. The molecule has 2 heterocycles. The normalized spacial score (nSPS) is 12.8. The zero-order chi connectivity index (χ0) is 21.3. The highest BCUT2D eigenvalue weighted by Crippen LogP contribution is 2.38. The highest BCUT2D eigenvalue weighted by atomic mass is 32.1. The summed E-state index contributed by atoms with van der Waals surface area (Å²) in [7, 11) is 0. The lowest BCUT2D eigenvalue weighted by Gasteiger charge is -2.11. The van der Waals surface area contributed by atoms with Gasteiger partial charge in [-0.3, -0.25) is 14.4 Å². The van der Waals surface area contributed by atoms with Gasteiger partial charge in [0.2, 0.25) is 0 Å². The summed E-state index contributed by atoms with van der Waals surface area (Å²) in [5, 5.41) is 6.08. The van der Waals surface area contributed by atoms with E-state index in [1.54, 1.807) is 30.3 Å². The van der Waals surface area contributed by atoms with Crippen molar-refractivity contribution in [2.75, 3.05) is 10.6 Å². The largest absolute Gasteiger partial charge is 0.459 e. The third kappa shape index (κ3) is 3.86. The number of fused-ring (bicyclic) bond motifs is 1. The van der Waals surface area contributed by atoms with Crippen LogP contribution in [0.3, 0.4) is 0 Å². The summed E-state index contributed by atoms with van der Waals surface area (Å²) >= 11 is 1.41. The zero-order valence-electron chi connectivity index (χ0n) is 16.4. The van der Waals surface area contributed by atoms with Crippen LogP contribution in [-0.4, -0.2) is 17.7 Å². The Morgan fingerprint density at radius 1 is 1.07 bits per heavy atom. The highest BCUT2D eigenvalue weighted by Gasteiger charge is 2.25. The van der Waals surface area contributed by atoms with Crippen LogP contribution in [0.4, 0.5) is 10.7 Å². The number of amides is 3. The number of nitrogens with two attached hydrogens (primary N) is 1. The Labute approximate surface area is 177 Å². The molecule has 0 spiro atoms. The van der Waals surface area contributed by atoms with Gasteiger partial charge in [-0.15, -0.1) is 11.3 Å². The van der Waals surface area contributed by atoms with Gasteiger partial charge in [0, 0.05) is 16.1 Å². The molecule has 1 aliphatic carbocycles. The molecule has 1 aliphatic rings. The van der Waals surface area contributed by atoms with Crippen LogP contribution in [0.2, 0.25) is 0 Å². The van der Waals surface area contributed by atoms with Gasteiger partial charge in [0.1, 0.15) is 5.00 Å². The Hall–Kier alpha value is -3.39. The second kappa shape index (κ2) is 8.16. The second-order valence-corrected chi connectivity index (χ2v) is 8.30. The van der Waals surface area contributed by atoms with Crippen molar-refractivity contribution in [2.45, 2.75) is 32.6 Å². The first-order valence-electron chi connectivity index (χ1n) is 9.65. The summed E-state index contributed by atoms with van der Waals surface area (Å²) in [4.78, 5) is 38.3. The highest BCUT2D eigenvalue weighted by molar-refractivity contribution is 7.17. The molecule has 0 aliphatic heterocycles. The minimum atomic E-state index is -0.528. The van der Waals surface area contributed by atoms with Crippen LogP contribution < -0.4 is 16.4 Å². The average molecular weight is 423 g/mol. The lowest BCUT2D eigenvalue weighted by atomic mass is 9.95. The van der Waals surface area contributed by atoms with Crippen molar-refractivity contribution in [3.8, 4) is 0 Å². The number of nitrogens with one attached hydrogen (secondary N) is 2. The van der Waals surface area contributed by atoms with Crippen LogP contribution >= 0.6 is 11.3 Å². The van der Waals surface area contributed by atoms with E-state index in [-0.39, 0.29) is 11.7 Å². The topological polar surface area (TPSA) is 114 Å². The van der Waals surface area contributed by atoms with Crippen LogP contribution in [0.25, 0.3) is 0 Å². The molecule has 30 heavy (non-hydrogen) atoms. The Balaban J connectivity index is 1.58. The van der Waals surface area contributed by atoms with Gasteiger partial charge in [-0.05, 0) is 68.0 Å². The number of carbonyl (C=O) groups is 3. The van der Waals surface area contributed by atoms with Crippen molar-refractivity contribution >= 4 is 39.7 Å². The van der Waals surface area contributed by atoms with Crippen LogP contribution in [-0.2, 0) is 12.8 Å². The molecule has 0 saturated carbocycles. The van der Waals surface area contributed by atoms with Gasteiger partial charge < -0.3 is 20.8 Å². The summed E-state index contributed by atoms with van der Waals surface area (Å²) in [5.74, 6) is -1.12. The number of hydrogen-bond acceptors (Lipinski definition) is 5. The fourth-order valence-electron chi connectivity index (χ4n) is 3.58. The molecule has 4 rings (SSSR count). The van der Waals surface area contributed by atoms with Gasteiger partial charge in [-0.25, -0.2) is 0 Å². The number of rotatable bonds is 5. The molecule has 154 valence electrons. The molecule has 7 nitrogen and oxygen atoms in total. The van der Waals surface area contributed by atoms with E-state index < -0.39 is 11.8 Å². The first kappa shape index (κ1) is 19.9. The van der Waals surface area contributed by atoms with E-state index >= 15 is 0 Å². The Kier molecular flexibility index (Phi) is 5.41. The molecule has 3 aromatic rings. The van der Waals surface area contributed by atoms with Crippen LogP contribution in [0.15, 0.2) is 41.0 Å². The summed E-state index contributed by atoms with van der Waals surface area (Å²) in [5.41, 5.74) is 8.65. The van der Waals surface area contributed by atoms with Crippen LogP contribution in [0.1, 0.15) is 60.1 Å². The molecule has 0 saturated heterocycles. The van der Waals surface area contributed by atoms with Gasteiger partial charge in [0.25, 0.3) is 17.7 Å². The fraction of sp³-hybridized carbons (Fsp3) is 0.227. The summed E-state index contributed by atoms with van der Waals surface area (Å²) < 4.78 is 5.11. The van der Waals surface area contributed by atoms with Crippen LogP contribution in [0, 0.1) is 6.92 Å². The third-order valence-corrected chi connectivity index (χ3v) is 6.34. The lowest BCUT2D eigenvalue weighted by Crippen LogP contribution is -2.19. The van der Waals surface area contributed by atoms with E-state index in [9.17, 15) is 14.4 Å². The summed E-state index contributed by atoms with van der Waals surface area (Å²) in [6.45, 7) is 1.83. The monoisotopic (exact) mass is 423 g/mol. The van der Waals surface area contributed by atoms with Crippen molar-refractivity contribution in [2.24, 2.45) is 5.73 Å². The third-order valence-electron chi connectivity index (χ3n) is 5.14. The van der Waals surface area contributed by atoms with Crippen LogP contribution in [0.5, 0.6) is 0 Å². The standard InChI is InChI=1S/C22H21N3O4S/c1-12-8-9-13(11-15(12)24-21(28)16-6-4-10-29-16)20(27)25-22-18(19(23)26)14-5-2-3-7-17(14)30-22/h4,6,8-11H,2-3,5,7H2,1H3,(H2,23,26)(H,24,28)(H,25,27). The van der Waals surface area contributed by atoms with Crippen molar-refractivity contribution in [3.05, 3.63) is 69.5 Å². The number of benzene rings is 1. The Morgan fingerprint density at radius 2 is 1.87 bits per heavy atom. The number of primary amides is 1. The average Bonchev–Trinajstić information content (AvgIpc) is 3.37. The summed E-state index contributed by atoms with van der Waals surface area (Å²) in [6.07, 6.45) is 5.18. The maximum absolute atomic E-state index is 12.9. The van der Waals surface area contributed by atoms with Gasteiger partial charge in [0.15, 0.2) is 5.76 Å². The molecule has 1 aromatic carbocycles. The van der Waals surface area contributed by atoms with Crippen molar-refractivity contribution < 1.29 is 18.8 Å². The predicted octanol–water partition coefficient (Wildman–Crippen LogP) is 4.13. The van der Waals surface area contributed by atoms with E-state index in [0.29, 0.717) is 21.8 Å². The number of furan rings is 1. The van der Waals surface area contributed by atoms with Gasteiger partial charge in [-0.2, -0.15) is 0 Å². The number of thiophene rings is 1. The molecule has 4 N–H and O–H groups in total. The minimum absolute atomic E-state index is 0.180. The Bertz CT molecular complexity index is 1130. The quantitative estimate of drug-likeness (QED) is 0.572. The second-order valence-electron chi connectivity index (χ2n) is 7.19. The fourth-order valence-corrected chi connectivity index (χ4v) is 4.87. The maximum Gasteiger partial charge on any atom is 0.291 e. The predicted molar refractivity (Wildman–Crippen MR) is 115 cm³/mol. The molecular weight excluding hydrogens is 402 g/mol. The molecule has 3 amide bonds. The molecule has 0 bridgehead atoms. The van der Waals surface area contributed by atoms with Gasteiger partial charge in [0.05, 0.1) is 11.8 Å². The minimum Gasteiger partial charge on any atom is -0.459 e. The molecule has 0 radical (unpaired) electrons. The SMILES string of the molecule is Cc1ccc(C(=O)Nc2sc3c(c2C(N)=O)CCCC3)cc1NC(=O)c1ccco1. The lowest BCUT2D eigenvalue weighted by molar-refractivity contribution is 0.0988. The van der Waals surface area contributed by atoms with E-state index in [4.69, 9.17) is 10.2 Å². The summed E-state index contributed by atoms with van der Waals surface area (Å²) in [6, 6.07) is 8.21. The smallest absolute Gasteiger partial charge is 0.291 e. The van der Waals surface area contributed by atoms with Gasteiger partial charge in [-0.1, -0.05) is 6.07 Å². The molecule has 8 heteroatoms. The molecule has 2 aromatic heterocycles. The van der Waals surface area contributed by atoms with Gasteiger partial charge >= 0.3 is 0 Å². The molecule has 0 fully saturated rings. The number of hydrogen-bond donors (Lipinski definition) is 3. The maximum atomic E-state index is 12.9. The van der Waals surface area contributed by atoms with Crippen molar-refractivity contribution in [1.82, 2.24) is 0 Å². The van der Waals surface area contributed by atoms with E-state index in [1.165, 1.54) is 17.6 Å². The van der Waals surface area contributed by atoms with Crippen molar-refractivity contribution in [1.29, 1.82) is 0 Å². The molecule has 0 atom stereocenters. The van der Waals surface area contributed by atoms with Crippen molar-refractivity contribution in [3.63, 3.8) is 0 Å². The number of carbonyl (C=O) groups excluding carboxylic acids is 3. The molecule has 0 unspecified atom stereocenters. The zero-order valence-corrected chi connectivity index (χ0v) is 17.2. The Morgan fingerprint density at radius 3 is 2.60 bits per heavy atom. The first-order valence-corrected chi connectivity index (χ1v) is 10.5. The number of anilines is 2. The molecular formula is C22H21N3O4S.